The summed E-state index contributed by atoms with van der Waals surface area (Å²) in [5.41, 5.74) is -1.94. The molecule has 0 aromatic heterocycles. The minimum atomic E-state index is -2.05. The molecule has 1 fully saturated rings. The van der Waals surface area contributed by atoms with E-state index in [1.807, 2.05) is 13.8 Å². The van der Waals surface area contributed by atoms with E-state index in [-0.39, 0.29) is 41.7 Å². The monoisotopic (exact) mass is 527 g/mol. The summed E-state index contributed by atoms with van der Waals surface area (Å²) < 4.78 is 11.0. The number of carboxylic acid groups (broad SMARTS) is 1. The van der Waals surface area contributed by atoms with Gasteiger partial charge in [0.25, 0.3) is 11.9 Å². The van der Waals surface area contributed by atoms with Gasteiger partial charge in [0.2, 0.25) is 0 Å². The van der Waals surface area contributed by atoms with Gasteiger partial charge in [-0.15, -0.1) is 0 Å². The molecule has 0 saturated carbocycles. The van der Waals surface area contributed by atoms with Crippen molar-refractivity contribution in [3.63, 3.8) is 0 Å². The van der Waals surface area contributed by atoms with E-state index in [4.69, 9.17) is 32.5 Å². The van der Waals surface area contributed by atoms with Gasteiger partial charge in [-0.1, -0.05) is 44.0 Å². The molecule has 1 aliphatic rings. The Bertz CT molecular complexity index is 1000. The van der Waals surface area contributed by atoms with Gasteiger partial charge in [0.1, 0.15) is 5.78 Å². The largest absolute Gasteiger partial charge is 0.531 e. The predicted octanol–water partition coefficient (Wildman–Crippen LogP) is 3.74. The van der Waals surface area contributed by atoms with Crippen LogP contribution in [0.2, 0.25) is 15.9 Å². The average molecular weight is 528 g/mol. The Hall–Kier alpha value is -2.43. The van der Waals surface area contributed by atoms with Crippen molar-refractivity contribution in [1.82, 2.24) is 5.32 Å². The van der Waals surface area contributed by atoms with Gasteiger partial charge in [-0.2, -0.15) is 0 Å². The number of carbonyl (C=O) groups is 5. The SMILES string of the molecule is CCC(=O)C[C@]1(C(=O)O)CC(=O)OB([C@@H](CC(=O)CNC(=O)c2cc(Cl)ccc2Cl)CC(C)C)O1. The molecule has 1 heterocycles. The number of benzene rings is 1. The molecule has 1 aromatic rings. The van der Waals surface area contributed by atoms with Crippen LogP contribution in [0.25, 0.3) is 0 Å². The Labute approximate surface area is 214 Å². The van der Waals surface area contributed by atoms with E-state index in [9.17, 15) is 29.1 Å². The van der Waals surface area contributed by atoms with Crippen molar-refractivity contribution in [2.75, 3.05) is 6.54 Å². The van der Waals surface area contributed by atoms with E-state index in [2.05, 4.69) is 5.32 Å². The average Bonchev–Trinajstić information content (AvgIpc) is 2.77. The summed E-state index contributed by atoms with van der Waals surface area (Å²) in [6.45, 7) is 5.02. The van der Waals surface area contributed by atoms with Crippen molar-refractivity contribution < 1.29 is 38.4 Å². The standard InChI is InChI=1S/C23H28BCl2NO8/c1-4-16(28)10-23(22(32)33)11-20(30)34-24(35-23)14(7-13(2)3)8-17(29)12-27-21(31)18-9-15(25)5-6-19(18)26/h5-6,9,13-14H,4,7-8,10-12H2,1-3H3,(H,27,31)(H,32,33)/t14-,23-/m1/s1. The van der Waals surface area contributed by atoms with Gasteiger partial charge in [-0.05, 0) is 30.5 Å². The third-order valence-electron chi connectivity index (χ3n) is 5.55. The summed E-state index contributed by atoms with van der Waals surface area (Å²) in [6, 6.07) is 4.37. The second-order valence-corrected chi connectivity index (χ2v) is 9.80. The van der Waals surface area contributed by atoms with Crippen molar-refractivity contribution in [3.05, 3.63) is 33.8 Å². The molecule has 35 heavy (non-hydrogen) atoms. The fourth-order valence-corrected chi connectivity index (χ4v) is 4.22. The van der Waals surface area contributed by atoms with E-state index in [1.54, 1.807) is 6.92 Å². The molecule has 0 bridgehead atoms. The number of hydrogen-bond donors (Lipinski definition) is 2. The van der Waals surface area contributed by atoms with Crippen LogP contribution < -0.4 is 5.32 Å². The van der Waals surface area contributed by atoms with Gasteiger partial charge in [0.15, 0.2) is 11.4 Å². The van der Waals surface area contributed by atoms with Crippen LogP contribution in [0.3, 0.4) is 0 Å². The molecular weight excluding hydrogens is 500 g/mol. The molecule has 0 aliphatic carbocycles. The Balaban J connectivity index is 2.15. The second-order valence-electron chi connectivity index (χ2n) is 8.96. The maximum absolute atomic E-state index is 12.7. The van der Waals surface area contributed by atoms with Crippen molar-refractivity contribution in [2.24, 2.45) is 5.92 Å². The van der Waals surface area contributed by atoms with Gasteiger partial charge >= 0.3 is 13.1 Å². The predicted molar refractivity (Wildman–Crippen MR) is 129 cm³/mol. The Morgan fingerprint density at radius 1 is 1.20 bits per heavy atom. The minimum absolute atomic E-state index is 0.0494. The fraction of sp³-hybridized carbons (Fsp3) is 0.522. The summed E-state index contributed by atoms with van der Waals surface area (Å²) in [5, 5.41) is 12.8. The molecule has 2 atom stereocenters. The minimum Gasteiger partial charge on any atom is -0.509 e. The number of carbonyl (C=O) groups excluding carboxylic acids is 4. The van der Waals surface area contributed by atoms with Crippen LogP contribution in [-0.4, -0.2) is 53.8 Å². The number of carboxylic acids is 1. The molecule has 190 valence electrons. The van der Waals surface area contributed by atoms with E-state index < -0.39 is 55.0 Å². The normalized spacial score (nSPS) is 18.7. The molecule has 0 radical (unpaired) electrons. The summed E-state index contributed by atoms with van der Waals surface area (Å²) >= 11 is 11.9. The number of Topliss-reactive ketones (excluding diaryl/α,β-unsaturated/α-hetero) is 2. The quantitative estimate of drug-likeness (QED) is 0.392. The summed E-state index contributed by atoms with van der Waals surface area (Å²) in [5.74, 6) is -4.26. The molecule has 12 heteroatoms. The number of nitrogens with one attached hydrogen (secondary N) is 1. The first-order valence-electron chi connectivity index (χ1n) is 11.2. The van der Waals surface area contributed by atoms with Crippen molar-refractivity contribution in [1.29, 1.82) is 0 Å². The van der Waals surface area contributed by atoms with Gasteiger partial charge < -0.3 is 19.7 Å². The van der Waals surface area contributed by atoms with Gasteiger partial charge in [-0.25, -0.2) is 4.79 Å². The molecule has 9 nitrogen and oxygen atoms in total. The zero-order chi connectivity index (χ0) is 26.3. The zero-order valence-electron chi connectivity index (χ0n) is 19.8. The van der Waals surface area contributed by atoms with E-state index >= 15 is 0 Å². The Morgan fingerprint density at radius 2 is 1.89 bits per heavy atom. The number of amides is 1. The summed E-state index contributed by atoms with van der Waals surface area (Å²) in [7, 11) is -1.33. The highest BCUT2D eigenvalue weighted by atomic mass is 35.5. The molecule has 1 saturated heterocycles. The first-order valence-corrected chi connectivity index (χ1v) is 12.0. The number of ketones is 2. The van der Waals surface area contributed by atoms with E-state index in [1.165, 1.54) is 18.2 Å². The van der Waals surface area contributed by atoms with Crippen molar-refractivity contribution in [2.45, 2.75) is 64.3 Å². The zero-order valence-corrected chi connectivity index (χ0v) is 21.3. The molecule has 0 spiro atoms. The van der Waals surface area contributed by atoms with Gasteiger partial charge in [-0.3, -0.25) is 19.2 Å². The fourth-order valence-electron chi connectivity index (χ4n) is 3.84. The lowest BCUT2D eigenvalue weighted by atomic mass is 9.63. The van der Waals surface area contributed by atoms with Crippen LogP contribution in [0.15, 0.2) is 18.2 Å². The molecular formula is C23H28BCl2NO8. The van der Waals surface area contributed by atoms with Crippen molar-refractivity contribution >= 4 is 59.7 Å². The number of hydrogen-bond acceptors (Lipinski definition) is 7. The highest BCUT2D eigenvalue weighted by molar-refractivity contribution is 6.50. The molecule has 2 N–H and O–H groups in total. The Morgan fingerprint density at radius 3 is 2.49 bits per heavy atom. The third kappa shape index (κ3) is 8.05. The molecule has 0 unspecified atom stereocenters. The summed E-state index contributed by atoms with van der Waals surface area (Å²) in [4.78, 5) is 61.5. The second kappa shape index (κ2) is 12.5. The molecule has 2 rings (SSSR count). The van der Waals surface area contributed by atoms with Crippen LogP contribution in [0.4, 0.5) is 0 Å². The molecule has 1 aliphatic heterocycles. The van der Waals surface area contributed by atoms with Crippen LogP contribution >= 0.6 is 23.2 Å². The highest BCUT2D eigenvalue weighted by Crippen LogP contribution is 2.36. The number of halogens is 2. The topological polar surface area (TPSA) is 136 Å². The van der Waals surface area contributed by atoms with Gasteiger partial charge in [0.05, 0.1) is 23.6 Å². The Kier molecular flexibility index (Phi) is 10.3. The molecule has 1 aromatic carbocycles. The lowest BCUT2D eigenvalue weighted by Crippen LogP contribution is -2.56. The maximum atomic E-state index is 12.7. The van der Waals surface area contributed by atoms with Crippen LogP contribution in [0.5, 0.6) is 0 Å². The smallest absolute Gasteiger partial charge is 0.509 e. The lowest BCUT2D eigenvalue weighted by molar-refractivity contribution is -0.172. The van der Waals surface area contributed by atoms with E-state index in [0.29, 0.717) is 11.4 Å². The first kappa shape index (κ1) is 28.8. The van der Waals surface area contributed by atoms with Gasteiger partial charge in [0, 0.05) is 30.1 Å². The van der Waals surface area contributed by atoms with Crippen LogP contribution in [0, 0.1) is 5.92 Å². The van der Waals surface area contributed by atoms with Crippen LogP contribution in [-0.2, 0) is 28.5 Å². The number of aliphatic carboxylic acids is 1. The maximum Gasteiger partial charge on any atom is 0.531 e. The lowest BCUT2D eigenvalue weighted by Gasteiger charge is -2.38. The van der Waals surface area contributed by atoms with Crippen molar-refractivity contribution in [3.8, 4) is 0 Å². The number of rotatable bonds is 12. The summed E-state index contributed by atoms with van der Waals surface area (Å²) in [6.07, 6.45) is -0.790. The highest BCUT2D eigenvalue weighted by Gasteiger charge is 2.54. The van der Waals surface area contributed by atoms with Crippen LogP contribution in [0.1, 0.15) is 63.2 Å². The third-order valence-corrected chi connectivity index (χ3v) is 6.12. The van der Waals surface area contributed by atoms with E-state index in [0.717, 1.165) is 0 Å². The molecule has 1 amide bonds. The first-order chi connectivity index (χ1) is 16.4.